The quantitative estimate of drug-likeness (QED) is 0.664. The summed E-state index contributed by atoms with van der Waals surface area (Å²) < 4.78 is 5.39. The van der Waals surface area contributed by atoms with Crippen molar-refractivity contribution >= 4 is 11.9 Å². The number of hydrogen-bond donors (Lipinski definition) is 2. The fourth-order valence-electron chi connectivity index (χ4n) is 2.56. The zero-order valence-corrected chi connectivity index (χ0v) is 11.2. The van der Waals surface area contributed by atoms with E-state index in [1.807, 2.05) is 11.8 Å². The van der Waals surface area contributed by atoms with Crippen molar-refractivity contribution in [2.24, 2.45) is 5.73 Å². The third-order valence-corrected chi connectivity index (χ3v) is 3.76. The minimum atomic E-state index is -1.21. The third-order valence-electron chi connectivity index (χ3n) is 3.76. The van der Waals surface area contributed by atoms with Gasteiger partial charge in [0.05, 0.1) is 19.3 Å². The Balaban J connectivity index is 1.85. The first-order valence-corrected chi connectivity index (χ1v) is 6.55. The molecule has 2 fully saturated rings. The summed E-state index contributed by atoms with van der Waals surface area (Å²) in [4.78, 5) is 26.7. The Bertz CT molecular complexity index is 376. The molecule has 0 spiro atoms. The second kappa shape index (κ2) is 5.44. The van der Waals surface area contributed by atoms with Gasteiger partial charge in [-0.15, -0.1) is 0 Å². The first-order valence-electron chi connectivity index (χ1n) is 6.55. The summed E-state index contributed by atoms with van der Waals surface area (Å²) in [6.07, 6.45) is 0.443. The second-order valence-corrected chi connectivity index (χ2v) is 5.44. The molecule has 0 aromatic rings. The number of carboxylic acid groups (broad SMARTS) is 1. The lowest BCUT2D eigenvalue weighted by atomic mass is 10.0. The Morgan fingerprint density at radius 3 is 2.79 bits per heavy atom. The van der Waals surface area contributed by atoms with Gasteiger partial charge in [0.2, 0.25) is 5.91 Å². The Kier molecular flexibility index (Phi) is 4.07. The number of nitrogens with two attached hydrogens (primary N) is 1. The van der Waals surface area contributed by atoms with E-state index in [9.17, 15) is 9.59 Å². The summed E-state index contributed by atoms with van der Waals surface area (Å²) in [7, 11) is 0. The van der Waals surface area contributed by atoms with E-state index < -0.39 is 11.5 Å². The molecule has 7 heteroatoms. The molecule has 7 nitrogen and oxygen atoms in total. The van der Waals surface area contributed by atoms with Crippen LogP contribution in [0.5, 0.6) is 0 Å². The number of morpholine rings is 1. The minimum Gasteiger partial charge on any atom is -0.480 e. The Morgan fingerprint density at radius 2 is 2.21 bits per heavy atom. The van der Waals surface area contributed by atoms with Gasteiger partial charge in [-0.3, -0.25) is 14.5 Å². The molecular weight excluding hydrogens is 250 g/mol. The van der Waals surface area contributed by atoms with Crippen LogP contribution in [0.4, 0.5) is 0 Å². The number of carboxylic acids is 1. The molecule has 0 bridgehead atoms. The maximum atomic E-state index is 12.1. The number of ether oxygens (including phenoxy) is 1. The predicted molar refractivity (Wildman–Crippen MR) is 67.6 cm³/mol. The van der Waals surface area contributed by atoms with Crippen LogP contribution in [-0.4, -0.2) is 77.8 Å². The highest BCUT2D eigenvalue weighted by Gasteiger charge is 2.42. The summed E-state index contributed by atoms with van der Waals surface area (Å²) in [5, 5.41) is 9.04. The molecule has 3 N–H and O–H groups in total. The van der Waals surface area contributed by atoms with Gasteiger partial charge >= 0.3 is 5.97 Å². The largest absolute Gasteiger partial charge is 0.480 e. The van der Waals surface area contributed by atoms with Crippen LogP contribution in [-0.2, 0) is 14.3 Å². The molecule has 2 heterocycles. The number of rotatable bonds is 3. The number of aliphatic carboxylic acids is 1. The maximum absolute atomic E-state index is 12.1. The van der Waals surface area contributed by atoms with Crippen molar-refractivity contribution < 1.29 is 19.4 Å². The van der Waals surface area contributed by atoms with Crippen LogP contribution >= 0.6 is 0 Å². The van der Waals surface area contributed by atoms with Crippen molar-refractivity contribution in [3.8, 4) is 0 Å². The Hall–Kier alpha value is -1.18. The summed E-state index contributed by atoms with van der Waals surface area (Å²) in [5.41, 5.74) is 4.57. The first-order chi connectivity index (χ1) is 8.90. The average Bonchev–Trinajstić information content (AvgIpc) is 2.72. The van der Waals surface area contributed by atoms with E-state index in [4.69, 9.17) is 15.6 Å². The van der Waals surface area contributed by atoms with Crippen LogP contribution in [0.15, 0.2) is 0 Å². The zero-order chi connectivity index (χ0) is 14.0. The van der Waals surface area contributed by atoms with Gasteiger partial charge in [0.1, 0.15) is 5.54 Å². The lowest BCUT2D eigenvalue weighted by Crippen LogP contribution is -2.52. The molecule has 2 rings (SSSR count). The number of likely N-dealkylation sites (tertiary alicyclic amines) is 1. The van der Waals surface area contributed by atoms with E-state index in [2.05, 4.69) is 0 Å². The van der Waals surface area contributed by atoms with E-state index in [-0.39, 0.29) is 25.1 Å². The molecule has 0 aromatic heterocycles. The molecule has 2 unspecified atom stereocenters. The third kappa shape index (κ3) is 3.23. The van der Waals surface area contributed by atoms with Crippen molar-refractivity contribution in [2.45, 2.75) is 25.0 Å². The maximum Gasteiger partial charge on any atom is 0.325 e. The van der Waals surface area contributed by atoms with E-state index in [0.717, 1.165) is 0 Å². The van der Waals surface area contributed by atoms with E-state index >= 15 is 0 Å². The molecule has 2 aliphatic rings. The van der Waals surface area contributed by atoms with Gasteiger partial charge in [0, 0.05) is 26.2 Å². The van der Waals surface area contributed by atoms with Crippen molar-refractivity contribution in [1.82, 2.24) is 9.80 Å². The number of amides is 1. The van der Waals surface area contributed by atoms with Gasteiger partial charge in [-0.05, 0) is 13.3 Å². The van der Waals surface area contributed by atoms with Crippen LogP contribution in [0.25, 0.3) is 0 Å². The SMILES string of the molecule is CC1CN(C(=O)CN2CCC(N)(C(=O)O)C2)CCO1. The number of carbonyl (C=O) groups is 2. The number of nitrogens with zero attached hydrogens (tertiary/aromatic N) is 2. The van der Waals surface area contributed by atoms with E-state index in [0.29, 0.717) is 32.7 Å². The molecule has 2 atom stereocenters. The molecular formula is C12H21N3O4. The van der Waals surface area contributed by atoms with Gasteiger partial charge < -0.3 is 20.5 Å². The number of hydrogen-bond acceptors (Lipinski definition) is 5. The highest BCUT2D eigenvalue weighted by Crippen LogP contribution is 2.19. The molecule has 2 saturated heterocycles. The van der Waals surface area contributed by atoms with Crippen LogP contribution in [0.2, 0.25) is 0 Å². The lowest BCUT2D eigenvalue weighted by molar-refractivity contribution is -0.143. The molecule has 108 valence electrons. The Morgan fingerprint density at radius 1 is 1.47 bits per heavy atom. The highest BCUT2D eigenvalue weighted by atomic mass is 16.5. The van der Waals surface area contributed by atoms with Gasteiger partial charge in [0.25, 0.3) is 0 Å². The molecule has 0 saturated carbocycles. The fourth-order valence-corrected chi connectivity index (χ4v) is 2.56. The van der Waals surface area contributed by atoms with Crippen LogP contribution in [0, 0.1) is 0 Å². The Labute approximate surface area is 112 Å². The zero-order valence-electron chi connectivity index (χ0n) is 11.2. The molecule has 19 heavy (non-hydrogen) atoms. The van der Waals surface area contributed by atoms with Gasteiger partial charge in [-0.2, -0.15) is 0 Å². The topological polar surface area (TPSA) is 96.1 Å². The first kappa shape index (κ1) is 14.2. The predicted octanol–water partition coefficient (Wildman–Crippen LogP) is -1.28. The number of carbonyl (C=O) groups excluding carboxylic acids is 1. The molecule has 0 aliphatic carbocycles. The van der Waals surface area contributed by atoms with Crippen LogP contribution < -0.4 is 5.73 Å². The fraction of sp³-hybridized carbons (Fsp3) is 0.833. The van der Waals surface area contributed by atoms with Crippen molar-refractivity contribution in [3.05, 3.63) is 0 Å². The molecule has 1 amide bonds. The summed E-state index contributed by atoms with van der Waals surface area (Å²) in [6, 6.07) is 0. The molecule has 2 aliphatic heterocycles. The lowest BCUT2D eigenvalue weighted by Gasteiger charge is -2.32. The van der Waals surface area contributed by atoms with Crippen molar-refractivity contribution in [1.29, 1.82) is 0 Å². The van der Waals surface area contributed by atoms with Gasteiger partial charge in [-0.1, -0.05) is 0 Å². The van der Waals surface area contributed by atoms with Gasteiger partial charge in [0.15, 0.2) is 0 Å². The summed E-state index contributed by atoms with van der Waals surface area (Å²) >= 11 is 0. The smallest absolute Gasteiger partial charge is 0.325 e. The van der Waals surface area contributed by atoms with Crippen LogP contribution in [0.3, 0.4) is 0 Å². The summed E-state index contributed by atoms with van der Waals surface area (Å²) in [6.45, 7) is 4.71. The second-order valence-electron chi connectivity index (χ2n) is 5.44. The highest BCUT2D eigenvalue weighted by molar-refractivity contribution is 5.81. The van der Waals surface area contributed by atoms with Crippen LogP contribution in [0.1, 0.15) is 13.3 Å². The average molecular weight is 271 g/mol. The monoisotopic (exact) mass is 271 g/mol. The minimum absolute atomic E-state index is 0.0183. The van der Waals surface area contributed by atoms with E-state index in [1.165, 1.54) is 0 Å². The van der Waals surface area contributed by atoms with Crippen molar-refractivity contribution in [3.63, 3.8) is 0 Å². The standard InChI is InChI=1S/C12H21N3O4/c1-9-6-15(4-5-19-9)10(16)7-14-3-2-12(13,8-14)11(17)18/h9H,2-8,13H2,1H3,(H,17,18). The normalized spacial score (nSPS) is 32.5. The van der Waals surface area contributed by atoms with Gasteiger partial charge in [-0.25, -0.2) is 0 Å². The summed E-state index contributed by atoms with van der Waals surface area (Å²) in [5.74, 6) is -0.979. The van der Waals surface area contributed by atoms with E-state index in [1.54, 1.807) is 4.90 Å². The molecule has 0 aromatic carbocycles. The van der Waals surface area contributed by atoms with Crippen molar-refractivity contribution in [2.75, 3.05) is 39.3 Å². The molecule has 0 radical (unpaired) electrons.